The van der Waals surface area contributed by atoms with Gasteiger partial charge in [-0.15, -0.1) is 0 Å². The van der Waals surface area contributed by atoms with Gasteiger partial charge in [0.05, 0.1) is 17.9 Å². The molecular formula is C15H17N3O. The van der Waals surface area contributed by atoms with E-state index in [1.807, 2.05) is 37.3 Å². The molecule has 0 aliphatic heterocycles. The highest BCUT2D eigenvalue weighted by atomic mass is 16.2. The summed E-state index contributed by atoms with van der Waals surface area (Å²) in [6.45, 7) is 2.04. The van der Waals surface area contributed by atoms with Gasteiger partial charge in [-0.2, -0.15) is 0 Å². The number of anilines is 1. The molecule has 19 heavy (non-hydrogen) atoms. The molecule has 0 spiro atoms. The zero-order chi connectivity index (χ0) is 13.5. The molecule has 2 amide bonds. The van der Waals surface area contributed by atoms with Gasteiger partial charge in [-0.1, -0.05) is 37.3 Å². The van der Waals surface area contributed by atoms with E-state index >= 15 is 0 Å². The Bertz CT molecular complexity index is 513. The Kier molecular flexibility index (Phi) is 4.50. The van der Waals surface area contributed by atoms with Crippen LogP contribution in [0.4, 0.5) is 10.5 Å². The molecule has 1 unspecified atom stereocenters. The maximum absolute atomic E-state index is 11.9. The first-order chi connectivity index (χ1) is 9.29. The first-order valence-corrected chi connectivity index (χ1v) is 6.32. The van der Waals surface area contributed by atoms with Gasteiger partial charge < -0.3 is 10.6 Å². The number of carbonyl (C=O) groups is 1. The number of nitrogens with zero attached hydrogens (tertiary/aromatic N) is 1. The number of carbonyl (C=O) groups excluding carboxylic acids is 1. The number of rotatable bonds is 4. The van der Waals surface area contributed by atoms with Crippen molar-refractivity contribution in [2.75, 3.05) is 5.32 Å². The van der Waals surface area contributed by atoms with E-state index in [2.05, 4.69) is 15.6 Å². The van der Waals surface area contributed by atoms with Crippen LogP contribution in [0.1, 0.15) is 24.9 Å². The van der Waals surface area contributed by atoms with E-state index in [1.54, 1.807) is 24.5 Å². The van der Waals surface area contributed by atoms with Gasteiger partial charge in [-0.25, -0.2) is 4.79 Å². The zero-order valence-corrected chi connectivity index (χ0v) is 10.8. The molecule has 0 radical (unpaired) electrons. The number of amides is 2. The van der Waals surface area contributed by atoms with Crippen molar-refractivity contribution in [1.29, 1.82) is 0 Å². The summed E-state index contributed by atoms with van der Waals surface area (Å²) in [7, 11) is 0. The molecule has 0 fully saturated rings. The Morgan fingerprint density at radius 3 is 2.63 bits per heavy atom. The Balaban J connectivity index is 1.97. The second-order valence-electron chi connectivity index (χ2n) is 4.21. The van der Waals surface area contributed by atoms with Gasteiger partial charge in [0.15, 0.2) is 0 Å². The largest absolute Gasteiger partial charge is 0.331 e. The third-order valence-corrected chi connectivity index (χ3v) is 2.83. The Hall–Kier alpha value is -2.36. The number of urea groups is 1. The fourth-order valence-electron chi connectivity index (χ4n) is 1.87. The quantitative estimate of drug-likeness (QED) is 0.880. The van der Waals surface area contributed by atoms with E-state index in [0.29, 0.717) is 5.69 Å². The highest BCUT2D eigenvalue weighted by Crippen LogP contribution is 2.16. The molecule has 2 aromatic rings. The lowest BCUT2D eigenvalue weighted by molar-refractivity contribution is 0.248. The molecule has 0 saturated carbocycles. The fraction of sp³-hybridized carbons (Fsp3) is 0.200. The molecule has 1 heterocycles. The van der Waals surface area contributed by atoms with E-state index in [9.17, 15) is 4.79 Å². The van der Waals surface area contributed by atoms with Crippen molar-refractivity contribution < 1.29 is 4.79 Å². The van der Waals surface area contributed by atoms with Crippen LogP contribution in [-0.4, -0.2) is 11.0 Å². The number of aromatic nitrogens is 1. The molecule has 1 atom stereocenters. The summed E-state index contributed by atoms with van der Waals surface area (Å²) in [6.07, 6.45) is 4.12. The van der Waals surface area contributed by atoms with Crippen molar-refractivity contribution in [3.05, 3.63) is 60.4 Å². The van der Waals surface area contributed by atoms with Gasteiger partial charge in [-0.3, -0.25) is 4.98 Å². The molecule has 4 heteroatoms. The van der Waals surface area contributed by atoms with E-state index in [0.717, 1.165) is 12.0 Å². The van der Waals surface area contributed by atoms with Crippen molar-refractivity contribution in [2.24, 2.45) is 0 Å². The molecule has 1 aromatic carbocycles. The van der Waals surface area contributed by atoms with Crippen LogP contribution < -0.4 is 10.6 Å². The first kappa shape index (κ1) is 13.1. The molecule has 0 saturated heterocycles. The molecule has 2 rings (SSSR count). The van der Waals surface area contributed by atoms with Gasteiger partial charge in [0.25, 0.3) is 0 Å². The van der Waals surface area contributed by atoms with Crippen LogP contribution in [0.2, 0.25) is 0 Å². The third kappa shape index (κ3) is 3.81. The summed E-state index contributed by atoms with van der Waals surface area (Å²) in [5.41, 5.74) is 1.79. The van der Waals surface area contributed by atoms with Crippen molar-refractivity contribution in [3.8, 4) is 0 Å². The summed E-state index contributed by atoms with van der Waals surface area (Å²) >= 11 is 0. The predicted octanol–water partition coefficient (Wildman–Crippen LogP) is 3.35. The highest BCUT2D eigenvalue weighted by Gasteiger charge is 2.12. The van der Waals surface area contributed by atoms with Crippen LogP contribution >= 0.6 is 0 Å². The second-order valence-corrected chi connectivity index (χ2v) is 4.21. The maximum atomic E-state index is 11.9. The van der Waals surface area contributed by atoms with Crippen molar-refractivity contribution in [3.63, 3.8) is 0 Å². The molecule has 98 valence electrons. The number of hydrogen-bond acceptors (Lipinski definition) is 2. The van der Waals surface area contributed by atoms with E-state index in [4.69, 9.17) is 0 Å². The molecule has 2 N–H and O–H groups in total. The Morgan fingerprint density at radius 2 is 2.00 bits per heavy atom. The number of nitrogens with one attached hydrogen (secondary N) is 2. The summed E-state index contributed by atoms with van der Waals surface area (Å²) in [6, 6.07) is 13.3. The van der Waals surface area contributed by atoms with Crippen LogP contribution in [0.15, 0.2) is 54.9 Å². The van der Waals surface area contributed by atoms with Crippen molar-refractivity contribution >= 4 is 11.7 Å². The minimum Gasteiger partial charge on any atom is -0.331 e. The average Bonchev–Trinajstić information content (AvgIpc) is 2.47. The van der Waals surface area contributed by atoms with Crippen LogP contribution in [0.3, 0.4) is 0 Å². The molecular weight excluding hydrogens is 238 g/mol. The molecule has 1 aromatic heterocycles. The molecule has 4 nitrogen and oxygen atoms in total. The minimum absolute atomic E-state index is 0.0119. The van der Waals surface area contributed by atoms with Gasteiger partial charge in [0, 0.05) is 6.20 Å². The lowest BCUT2D eigenvalue weighted by Crippen LogP contribution is -2.32. The predicted molar refractivity (Wildman–Crippen MR) is 75.9 cm³/mol. The SMILES string of the molecule is CCC(NC(=O)Nc1cccnc1)c1ccccc1. The molecule has 0 aliphatic rings. The number of benzene rings is 1. The van der Waals surface area contributed by atoms with Crippen LogP contribution in [0.25, 0.3) is 0 Å². The summed E-state index contributed by atoms with van der Waals surface area (Å²) < 4.78 is 0. The molecule has 0 bridgehead atoms. The Morgan fingerprint density at radius 1 is 1.21 bits per heavy atom. The number of hydrogen-bond donors (Lipinski definition) is 2. The van der Waals surface area contributed by atoms with E-state index < -0.39 is 0 Å². The van der Waals surface area contributed by atoms with E-state index in [-0.39, 0.29) is 12.1 Å². The lowest BCUT2D eigenvalue weighted by Gasteiger charge is -2.17. The van der Waals surface area contributed by atoms with Crippen LogP contribution in [-0.2, 0) is 0 Å². The van der Waals surface area contributed by atoms with Crippen molar-refractivity contribution in [1.82, 2.24) is 10.3 Å². The highest BCUT2D eigenvalue weighted by molar-refractivity contribution is 5.89. The number of pyridine rings is 1. The van der Waals surface area contributed by atoms with Gasteiger partial charge in [0.2, 0.25) is 0 Å². The zero-order valence-electron chi connectivity index (χ0n) is 10.8. The fourth-order valence-corrected chi connectivity index (χ4v) is 1.87. The third-order valence-electron chi connectivity index (χ3n) is 2.83. The minimum atomic E-state index is -0.219. The smallest absolute Gasteiger partial charge is 0.319 e. The van der Waals surface area contributed by atoms with E-state index in [1.165, 1.54) is 0 Å². The maximum Gasteiger partial charge on any atom is 0.319 e. The van der Waals surface area contributed by atoms with Gasteiger partial charge in [0.1, 0.15) is 0 Å². The first-order valence-electron chi connectivity index (χ1n) is 6.32. The summed E-state index contributed by atoms with van der Waals surface area (Å²) in [4.78, 5) is 15.9. The molecule has 0 aliphatic carbocycles. The summed E-state index contributed by atoms with van der Waals surface area (Å²) in [5, 5.41) is 5.72. The van der Waals surface area contributed by atoms with Gasteiger partial charge in [-0.05, 0) is 24.1 Å². The lowest BCUT2D eigenvalue weighted by atomic mass is 10.1. The van der Waals surface area contributed by atoms with Gasteiger partial charge >= 0.3 is 6.03 Å². The van der Waals surface area contributed by atoms with Crippen molar-refractivity contribution in [2.45, 2.75) is 19.4 Å². The topological polar surface area (TPSA) is 54.0 Å². The van der Waals surface area contributed by atoms with Crippen LogP contribution in [0, 0.1) is 0 Å². The summed E-state index contributed by atoms with van der Waals surface area (Å²) in [5.74, 6) is 0. The van der Waals surface area contributed by atoms with Crippen LogP contribution in [0.5, 0.6) is 0 Å². The average molecular weight is 255 g/mol. The monoisotopic (exact) mass is 255 g/mol. The second kappa shape index (κ2) is 6.54. The normalized spacial score (nSPS) is 11.6. The standard InChI is InChI=1S/C15H17N3O/c1-2-14(12-7-4-3-5-8-12)18-15(19)17-13-9-6-10-16-11-13/h3-11,14H,2H2,1H3,(H2,17,18,19). The Labute approximate surface area is 112 Å².